The largest absolute Gasteiger partial charge is 0.377 e. The van der Waals surface area contributed by atoms with Crippen molar-refractivity contribution < 1.29 is 4.74 Å². The molecule has 0 bridgehead atoms. The molecule has 2 fully saturated rings. The maximum atomic E-state index is 5.76. The normalized spacial score (nSPS) is 30.3. The van der Waals surface area contributed by atoms with E-state index in [0.717, 1.165) is 19.7 Å². The molecule has 0 aromatic rings. The molecule has 2 aliphatic heterocycles. The van der Waals surface area contributed by atoms with Gasteiger partial charge < -0.3 is 10.1 Å². The van der Waals surface area contributed by atoms with E-state index < -0.39 is 0 Å². The summed E-state index contributed by atoms with van der Waals surface area (Å²) < 4.78 is 5.76. The maximum absolute atomic E-state index is 5.76. The van der Waals surface area contributed by atoms with Gasteiger partial charge in [-0.1, -0.05) is 26.2 Å². The Balaban J connectivity index is 1.72. The number of nitrogens with one attached hydrogen (secondary N) is 1. The van der Waals surface area contributed by atoms with Crippen molar-refractivity contribution in [2.24, 2.45) is 0 Å². The van der Waals surface area contributed by atoms with Gasteiger partial charge in [0, 0.05) is 25.7 Å². The Hall–Kier alpha value is -0.120. The standard InChI is InChI=1S/C15H30N2O/c1-2-17(13-15-9-7-11-18-15)12-14-8-5-3-4-6-10-16-14/h14-16H,2-13H2,1H3. The molecule has 2 atom stereocenters. The van der Waals surface area contributed by atoms with Crippen LogP contribution in [0.5, 0.6) is 0 Å². The van der Waals surface area contributed by atoms with Crippen molar-refractivity contribution in [3.63, 3.8) is 0 Å². The Labute approximate surface area is 112 Å². The second-order valence-electron chi connectivity index (χ2n) is 5.84. The zero-order valence-corrected chi connectivity index (χ0v) is 12.0. The summed E-state index contributed by atoms with van der Waals surface area (Å²) in [6.07, 6.45) is 9.95. The molecule has 2 saturated heterocycles. The molecule has 1 N–H and O–H groups in total. The van der Waals surface area contributed by atoms with Gasteiger partial charge in [0.15, 0.2) is 0 Å². The second kappa shape index (κ2) is 8.13. The first-order chi connectivity index (χ1) is 8.88. The summed E-state index contributed by atoms with van der Waals surface area (Å²) in [7, 11) is 0. The van der Waals surface area contributed by atoms with E-state index in [2.05, 4.69) is 17.1 Å². The van der Waals surface area contributed by atoms with Gasteiger partial charge in [-0.15, -0.1) is 0 Å². The lowest BCUT2D eigenvalue weighted by atomic mass is 10.0. The molecule has 3 nitrogen and oxygen atoms in total. The highest BCUT2D eigenvalue weighted by atomic mass is 16.5. The van der Waals surface area contributed by atoms with Gasteiger partial charge in [0.2, 0.25) is 0 Å². The summed E-state index contributed by atoms with van der Waals surface area (Å²) in [4.78, 5) is 2.58. The van der Waals surface area contributed by atoms with Gasteiger partial charge in [-0.05, 0) is 38.8 Å². The van der Waals surface area contributed by atoms with Crippen LogP contribution in [0.15, 0.2) is 0 Å². The monoisotopic (exact) mass is 254 g/mol. The Bertz CT molecular complexity index is 209. The predicted octanol–water partition coefficient (Wildman–Crippen LogP) is 2.41. The van der Waals surface area contributed by atoms with Crippen molar-refractivity contribution in [3.05, 3.63) is 0 Å². The van der Waals surface area contributed by atoms with E-state index >= 15 is 0 Å². The molecule has 2 rings (SSSR count). The number of nitrogens with zero attached hydrogens (tertiary/aromatic N) is 1. The first-order valence-corrected chi connectivity index (χ1v) is 7.96. The van der Waals surface area contributed by atoms with Crippen LogP contribution >= 0.6 is 0 Å². The highest BCUT2D eigenvalue weighted by Crippen LogP contribution is 2.15. The first kappa shape index (κ1) is 14.3. The third-order valence-corrected chi connectivity index (χ3v) is 4.32. The minimum atomic E-state index is 0.499. The summed E-state index contributed by atoms with van der Waals surface area (Å²) >= 11 is 0. The van der Waals surface area contributed by atoms with E-state index in [0.29, 0.717) is 12.1 Å². The van der Waals surface area contributed by atoms with Crippen LogP contribution in [0, 0.1) is 0 Å². The minimum Gasteiger partial charge on any atom is -0.377 e. The zero-order chi connectivity index (χ0) is 12.6. The van der Waals surface area contributed by atoms with Crippen molar-refractivity contribution in [2.75, 3.05) is 32.8 Å². The molecule has 3 heteroatoms. The van der Waals surface area contributed by atoms with Gasteiger partial charge in [0.25, 0.3) is 0 Å². The van der Waals surface area contributed by atoms with Crippen LogP contribution < -0.4 is 5.32 Å². The topological polar surface area (TPSA) is 24.5 Å². The number of rotatable bonds is 5. The Morgan fingerprint density at radius 1 is 1.06 bits per heavy atom. The molecule has 2 unspecified atom stereocenters. The Morgan fingerprint density at radius 2 is 1.94 bits per heavy atom. The van der Waals surface area contributed by atoms with Gasteiger partial charge in [-0.2, -0.15) is 0 Å². The molecule has 0 aliphatic carbocycles. The maximum Gasteiger partial charge on any atom is 0.0702 e. The van der Waals surface area contributed by atoms with E-state index in [1.807, 2.05) is 0 Å². The van der Waals surface area contributed by atoms with Crippen LogP contribution in [0.3, 0.4) is 0 Å². The summed E-state index contributed by atoms with van der Waals surface area (Å²) in [6, 6.07) is 0.701. The number of ether oxygens (including phenoxy) is 1. The molecule has 0 spiro atoms. The molecule has 18 heavy (non-hydrogen) atoms. The molecular formula is C15H30N2O. The van der Waals surface area contributed by atoms with Crippen molar-refractivity contribution >= 4 is 0 Å². The van der Waals surface area contributed by atoms with Crippen LogP contribution in [-0.4, -0.2) is 49.8 Å². The molecule has 2 aliphatic rings. The first-order valence-electron chi connectivity index (χ1n) is 7.96. The average Bonchev–Trinajstić information content (AvgIpc) is 2.84. The lowest BCUT2D eigenvalue weighted by molar-refractivity contribution is 0.0708. The predicted molar refractivity (Wildman–Crippen MR) is 76.0 cm³/mol. The van der Waals surface area contributed by atoms with Crippen molar-refractivity contribution in [2.45, 2.75) is 64.0 Å². The van der Waals surface area contributed by atoms with Crippen LogP contribution in [0.2, 0.25) is 0 Å². The third kappa shape index (κ3) is 4.87. The molecule has 0 aromatic heterocycles. The fourth-order valence-electron chi connectivity index (χ4n) is 3.15. The van der Waals surface area contributed by atoms with Crippen molar-refractivity contribution in [3.8, 4) is 0 Å². The quantitative estimate of drug-likeness (QED) is 0.815. The van der Waals surface area contributed by atoms with Gasteiger partial charge in [-0.3, -0.25) is 4.90 Å². The van der Waals surface area contributed by atoms with E-state index in [-0.39, 0.29) is 0 Å². The summed E-state index contributed by atoms with van der Waals surface area (Å²) in [5, 5.41) is 3.73. The minimum absolute atomic E-state index is 0.499. The molecule has 0 radical (unpaired) electrons. The van der Waals surface area contributed by atoms with E-state index in [4.69, 9.17) is 4.74 Å². The molecular weight excluding hydrogens is 224 g/mol. The van der Waals surface area contributed by atoms with E-state index in [1.165, 1.54) is 58.0 Å². The SMILES string of the molecule is CCN(CC1CCCCCCN1)CC1CCCO1. The van der Waals surface area contributed by atoms with Gasteiger partial charge >= 0.3 is 0 Å². The van der Waals surface area contributed by atoms with Crippen LogP contribution in [0.1, 0.15) is 51.9 Å². The zero-order valence-electron chi connectivity index (χ0n) is 12.0. The Morgan fingerprint density at radius 3 is 2.72 bits per heavy atom. The van der Waals surface area contributed by atoms with E-state index in [9.17, 15) is 0 Å². The van der Waals surface area contributed by atoms with Crippen LogP contribution in [0.25, 0.3) is 0 Å². The summed E-state index contributed by atoms with van der Waals surface area (Å²) in [6.45, 7) is 7.95. The van der Waals surface area contributed by atoms with E-state index in [1.54, 1.807) is 0 Å². The number of hydrogen-bond donors (Lipinski definition) is 1. The fraction of sp³-hybridized carbons (Fsp3) is 1.00. The van der Waals surface area contributed by atoms with Gasteiger partial charge in [0.1, 0.15) is 0 Å². The summed E-state index contributed by atoms with van der Waals surface area (Å²) in [5.41, 5.74) is 0. The van der Waals surface area contributed by atoms with Gasteiger partial charge in [0.05, 0.1) is 6.10 Å². The highest BCUT2D eigenvalue weighted by Gasteiger charge is 2.20. The second-order valence-corrected chi connectivity index (χ2v) is 5.84. The Kier molecular flexibility index (Phi) is 6.46. The molecule has 2 heterocycles. The van der Waals surface area contributed by atoms with Crippen molar-refractivity contribution in [1.29, 1.82) is 0 Å². The lowest BCUT2D eigenvalue weighted by Crippen LogP contribution is -2.44. The summed E-state index contributed by atoms with van der Waals surface area (Å²) in [5.74, 6) is 0. The highest BCUT2D eigenvalue weighted by molar-refractivity contribution is 4.77. The van der Waals surface area contributed by atoms with Gasteiger partial charge in [-0.25, -0.2) is 0 Å². The fourth-order valence-corrected chi connectivity index (χ4v) is 3.15. The van der Waals surface area contributed by atoms with Crippen LogP contribution in [-0.2, 0) is 4.74 Å². The van der Waals surface area contributed by atoms with Crippen molar-refractivity contribution in [1.82, 2.24) is 10.2 Å². The smallest absolute Gasteiger partial charge is 0.0702 e. The molecule has 0 amide bonds. The number of likely N-dealkylation sites (N-methyl/N-ethyl adjacent to an activating group) is 1. The molecule has 0 aromatic carbocycles. The van der Waals surface area contributed by atoms with Crippen LogP contribution in [0.4, 0.5) is 0 Å². The molecule has 106 valence electrons. The number of hydrogen-bond acceptors (Lipinski definition) is 3. The third-order valence-electron chi connectivity index (χ3n) is 4.32. The average molecular weight is 254 g/mol. The molecule has 0 saturated carbocycles. The lowest BCUT2D eigenvalue weighted by Gasteiger charge is -2.30.